The first-order chi connectivity index (χ1) is 10.9. The summed E-state index contributed by atoms with van der Waals surface area (Å²) in [6.07, 6.45) is 2.66. The second-order valence-electron chi connectivity index (χ2n) is 6.24. The minimum Gasteiger partial charge on any atom is -0.337 e. The summed E-state index contributed by atoms with van der Waals surface area (Å²) in [6.45, 7) is 4.07. The maximum Gasteiger partial charge on any atom is 0.274 e. The van der Waals surface area contributed by atoms with Gasteiger partial charge in [-0.25, -0.2) is 4.68 Å². The SMILES string of the molecule is CC1(CN)CCN(C(=O)c2ccn(-c3ccc(Cl)c(Cl)c3)n2)C1. The van der Waals surface area contributed by atoms with Gasteiger partial charge in [0.2, 0.25) is 0 Å². The summed E-state index contributed by atoms with van der Waals surface area (Å²) in [6, 6.07) is 6.93. The lowest BCUT2D eigenvalue weighted by atomic mass is 9.90. The van der Waals surface area contributed by atoms with Gasteiger partial charge in [-0.05, 0) is 42.6 Å². The van der Waals surface area contributed by atoms with Crippen LogP contribution in [0.3, 0.4) is 0 Å². The van der Waals surface area contributed by atoms with Crippen molar-refractivity contribution in [1.82, 2.24) is 14.7 Å². The molecule has 0 spiro atoms. The van der Waals surface area contributed by atoms with E-state index in [4.69, 9.17) is 28.9 Å². The van der Waals surface area contributed by atoms with E-state index in [1.54, 1.807) is 35.1 Å². The van der Waals surface area contributed by atoms with Crippen LogP contribution in [0.5, 0.6) is 0 Å². The van der Waals surface area contributed by atoms with Crippen LogP contribution in [0, 0.1) is 5.41 Å². The highest BCUT2D eigenvalue weighted by Crippen LogP contribution is 2.29. The molecule has 5 nitrogen and oxygen atoms in total. The van der Waals surface area contributed by atoms with E-state index in [2.05, 4.69) is 12.0 Å². The van der Waals surface area contributed by atoms with Crippen molar-refractivity contribution in [1.29, 1.82) is 0 Å². The van der Waals surface area contributed by atoms with Crippen LogP contribution in [0.25, 0.3) is 5.69 Å². The van der Waals surface area contributed by atoms with Crippen LogP contribution in [0.4, 0.5) is 0 Å². The van der Waals surface area contributed by atoms with Gasteiger partial charge in [0.15, 0.2) is 5.69 Å². The summed E-state index contributed by atoms with van der Waals surface area (Å²) in [5.74, 6) is -0.0685. The quantitative estimate of drug-likeness (QED) is 0.923. The number of nitrogens with zero attached hydrogens (tertiary/aromatic N) is 3. The monoisotopic (exact) mass is 352 g/mol. The van der Waals surface area contributed by atoms with Crippen molar-refractivity contribution in [3.05, 3.63) is 46.2 Å². The summed E-state index contributed by atoms with van der Waals surface area (Å²) in [5, 5.41) is 5.30. The molecular weight excluding hydrogens is 335 g/mol. The molecule has 1 aliphatic heterocycles. The summed E-state index contributed by atoms with van der Waals surface area (Å²) < 4.78 is 1.62. The molecule has 2 N–H and O–H groups in total. The Balaban J connectivity index is 1.79. The first-order valence-electron chi connectivity index (χ1n) is 7.42. The van der Waals surface area contributed by atoms with E-state index in [-0.39, 0.29) is 11.3 Å². The predicted octanol–water partition coefficient (Wildman–Crippen LogP) is 2.99. The van der Waals surface area contributed by atoms with E-state index in [1.807, 2.05) is 4.90 Å². The average Bonchev–Trinajstić information content (AvgIpc) is 3.17. The molecule has 1 unspecified atom stereocenters. The van der Waals surface area contributed by atoms with Gasteiger partial charge in [-0.15, -0.1) is 0 Å². The second-order valence-corrected chi connectivity index (χ2v) is 7.05. The molecule has 1 fully saturated rings. The Kier molecular flexibility index (Phi) is 4.36. The standard InChI is InChI=1S/C16H18Cl2N4O/c1-16(9-19)5-7-21(10-16)15(23)14-4-6-22(20-14)11-2-3-12(17)13(18)8-11/h2-4,6,8H,5,7,9-10,19H2,1H3. The minimum atomic E-state index is -0.0685. The van der Waals surface area contributed by atoms with E-state index in [9.17, 15) is 4.79 Å². The molecule has 1 amide bonds. The zero-order valence-corrected chi connectivity index (χ0v) is 14.3. The van der Waals surface area contributed by atoms with E-state index in [1.165, 1.54) is 0 Å². The third kappa shape index (κ3) is 3.22. The lowest BCUT2D eigenvalue weighted by Crippen LogP contribution is -2.34. The number of halogens is 2. The van der Waals surface area contributed by atoms with Crippen molar-refractivity contribution in [3.8, 4) is 5.69 Å². The Labute approximate surface area is 145 Å². The largest absolute Gasteiger partial charge is 0.337 e. The summed E-state index contributed by atoms with van der Waals surface area (Å²) in [4.78, 5) is 14.4. The molecule has 122 valence electrons. The fourth-order valence-electron chi connectivity index (χ4n) is 2.74. The molecule has 0 aliphatic carbocycles. The number of hydrogen-bond acceptors (Lipinski definition) is 3. The molecule has 0 bridgehead atoms. The van der Waals surface area contributed by atoms with Crippen LogP contribution in [0.2, 0.25) is 10.0 Å². The normalized spacial score (nSPS) is 21.0. The van der Waals surface area contributed by atoms with E-state index in [0.29, 0.717) is 35.4 Å². The molecule has 2 heterocycles. The summed E-state index contributed by atoms with van der Waals surface area (Å²) >= 11 is 11.9. The molecule has 0 radical (unpaired) electrons. The molecule has 0 saturated carbocycles. The first kappa shape index (κ1) is 16.3. The van der Waals surface area contributed by atoms with Gasteiger partial charge in [-0.2, -0.15) is 5.10 Å². The zero-order chi connectivity index (χ0) is 16.6. The third-order valence-electron chi connectivity index (χ3n) is 4.31. The number of hydrogen-bond donors (Lipinski definition) is 1. The fraction of sp³-hybridized carbons (Fsp3) is 0.375. The van der Waals surface area contributed by atoms with Crippen molar-refractivity contribution < 1.29 is 4.79 Å². The number of carbonyl (C=O) groups is 1. The van der Waals surface area contributed by atoms with Crippen molar-refractivity contribution in [2.45, 2.75) is 13.3 Å². The van der Waals surface area contributed by atoms with Gasteiger partial charge in [-0.1, -0.05) is 30.1 Å². The molecule has 1 atom stereocenters. The average molecular weight is 353 g/mol. The number of benzene rings is 1. The Morgan fingerprint density at radius 1 is 1.35 bits per heavy atom. The number of likely N-dealkylation sites (tertiary alicyclic amines) is 1. The van der Waals surface area contributed by atoms with Crippen LogP contribution in [0.15, 0.2) is 30.5 Å². The lowest BCUT2D eigenvalue weighted by Gasteiger charge is -2.22. The van der Waals surface area contributed by atoms with E-state index < -0.39 is 0 Å². The van der Waals surface area contributed by atoms with Gasteiger partial charge in [0, 0.05) is 19.3 Å². The number of carbonyl (C=O) groups excluding carboxylic acids is 1. The van der Waals surface area contributed by atoms with E-state index >= 15 is 0 Å². The van der Waals surface area contributed by atoms with Crippen LogP contribution in [-0.4, -0.2) is 40.2 Å². The van der Waals surface area contributed by atoms with Crippen LogP contribution >= 0.6 is 23.2 Å². The first-order valence-corrected chi connectivity index (χ1v) is 8.18. The molecular formula is C16H18Cl2N4O. The highest BCUT2D eigenvalue weighted by molar-refractivity contribution is 6.42. The van der Waals surface area contributed by atoms with Gasteiger partial charge in [-0.3, -0.25) is 4.79 Å². The summed E-state index contributed by atoms with van der Waals surface area (Å²) in [7, 11) is 0. The molecule has 1 aliphatic rings. The van der Waals surface area contributed by atoms with Gasteiger partial charge in [0.05, 0.1) is 15.7 Å². The van der Waals surface area contributed by atoms with Crippen LogP contribution in [-0.2, 0) is 0 Å². The molecule has 7 heteroatoms. The highest BCUT2D eigenvalue weighted by Gasteiger charge is 2.35. The van der Waals surface area contributed by atoms with Crippen molar-refractivity contribution in [2.75, 3.05) is 19.6 Å². The molecule has 1 saturated heterocycles. The van der Waals surface area contributed by atoms with Gasteiger partial charge in [0.1, 0.15) is 0 Å². The zero-order valence-electron chi connectivity index (χ0n) is 12.8. The number of amides is 1. The Morgan fingerprint density at radius 3 is 2.78 bits per heavy atom. The number of aromatic nitrogens is 2. The van der Waals surface area contributed by atoms with Crippen molar-refractivity contribution in [3.63, 3.8) is 0 Å². The Morgan fingerprint density at radius 2 is 2.13 bits per heavy atom. The minimum absolute atomic E-state index is 0.00191. The fourth-order valence-corrected chi connectivity index (χ4v) is 3.03. The van der Waals surface area contributed by atoms with Gasteiger partial charge >= 0.3 is 0 Å². The second kappa shape index (κ2) is 6.15. The Bertz CT molecular complexity index is 745. The van der Waals surface area contributed by atoms with Crippen molar-refractivity contribution >= 4 is 29.1 Å². The smallest absolute Gasteiger partial charge is 0.274 e. The predicted molar refractivity (Wildman–Crippen MR) is 91.3 cm³/mol. The Hall–Kier alpha value is -1.56. The number of nitrogens with two attached hydrogens (primary N) is 1. The maximum absolute atomic E-state index is 12.6. The molecule has 1 aromatic carbocycles. The topological polar surface area (TPSA) is 64.2 Å². The summed E-state index contributed by atoms with van der Waals surface area (Å²) in [5.41, 5.74) is 6.97. The van der Waals surface area contributed by atoms with Crippen LogP contribution in [0.1, 0.15) is 23.8 Å². The lowest BCUT2D eigenvalue weighted by molar-refractivity contribution is 0.0770. The van der Waals surface area contributed by atoms with Crippen LogP contribution < -0.4 is 5.73 Å². The molecule has 23 heavy (non-hydrogen) atoms. The van der Waals surface area contributed by atoms with Gasteiger partial charge < -0.3 is 10.6 Å². The van der Waals surface area contributed by atoms with Gasteiger partial charge in [0.25, 0.3) is 5.91 Å². The highest BCUT2D eigenvalue weighted by atomic mass is 35.5. The molecule has 1 aromatic heterocycles. The molecule has 3 rings (SSSR count). The van der Waals surface area contributed by atoms with Crippen molar-refractivity contribution in [2.24, 2.45) is 11.1 Å². The molecule has 2 aromatic rings. The number of rotatable bonds is 3. The third-order valence-corrected chi connectivity index (χ3v) is 5.05. The maximum atomic E-state index is 12.6. The van der Waals surface area contributed by atoms with E-state index in [0.717, 1.165) is 12.1 Å².